The van der Waals surface area contributed by atoms with Gasteiger partial charge in [-0.05, 0) is 19.1 Å². The van der Waals surface area contributed by atoms with Gasteiger partial charge in [-0.25, -0.2) is 4.79 Å². The number of hydrogen-bond donors (Lipinski definition) is 4. The fourth-order valence-electron chi connectivity index (χ4n) is 1.47. The van der Waals surface area contributed by atoms with Crippen LogP contribution in [0, 0.1) is 10.1 Å². The molecule has 0 bridgehead atoms. The van der Waals surface area contributed by atoms with Gasteiger partial charge < -0.3 is 20.6 Å². The van der Waals surface area contributed by atoms with Crippen LogP contribution >= 0.6 is 0 Å². The smallest absolute Gasteiger partial charge is 0.342 e. The number of nitro groups is 1. The molecule has 4 N–H and O–H groups in total. The lowest BCUT2D eigenvalue weighted by Crippen LogP contribution is -2.42. The summed E-state index contributed by atoms with van der Waals surface area (Å²) in [7, 11) is 0. The van der Waals surface area contributed by atoms with Crippen LogP contribution in [-0.2, 0) is 0 Å². The average molecular weight is 270 g/mol. The van der Waals surface area contributed by atoms with Gasteiger partial charge in [-0.1, -0.05) is 6.07 Å². The van der Waals surface area contributed by atoms with Gasteiger partial charge in [0.15, 0.2) is 0 Å². The minimum atomic E-state index is -1.43. The molecule has 1 rings (SSSR count). The van der Waals surface area contributed by atoms with Crippen molar-refractivity contribution in [2.45, 2.75) is 12.5 Å². The van der Waals surface area contributed by atoms with Crippen molar-refractivity contribution in [2.75, 3.05) is 18.5 Å². The van der Waals surface area contributed by atoms with Crippen LogP contribution < -0.4 is 5.32 Å². The lowest BCUT2D eigenvalue weighted by atomic mass is 10.0. The maximum Gasteiger partial charge on any atom is 0.342 e. The topological polar surface area (TPSA) is 133 Å². The summed E-state index contributed by atoms with van der Waals surface area (Å²) in [4.78, 5) is 21.1. The molecule has 8 nitrogen and oxygen atoms in total. The Morgan fingerprint density at radius 2 is 2.00 bits per heavy atom. The van der Waals surface area contributed by atoms with Crippen LogP contribution in [0.25, 0.3) is 0 Å². The van der Waals surface area contributed by atoms with Crippen molar-refractivity contribution in [1.29, 1.82) is 0 Å². The zero-order valence-corrected chi connectivity index (χ0v) is 10.2. The number of benzene rings is 1. The molecule has 0 amide bonds. The third-order valence-corrected chi connectivity index (χ3v) is 2.58. The van der Waals surface area contributed by atoms with Crippen molar-refractivity contribution in [2.24, 2.45) is 0 Å². The highest BCUT2D eigenvalue weighted by Crippen LogP contribution is 2.30. The van der Waals surface area contributed by atoms with Crippen LogP contribution in [0.15, 0.2) is 18.2 Å². The average Bonchev–Trinajstić information content (AvgIpc) is 2.37. The van der Waals surface area contributed by atoms with E-state index in [9.17, 15) is 14.9 Å². The van der Waals surface area contributed by atoms with Gasteiger partial charge in [-0.2, -0.15) is 0 Å². The highest BCUT2D eigenvalue weighted by molar-refractivity contribution is 5.95. The SMILES string of the molecule is CC(CO)(CO)Nc1cccc(C(=O)O)c1[N+](=O)[O-]. The van der Waals surface area contributed by atoms with Crippen LogP contribution in [0.5, 0.6) is 0 Å². The molecule has 0 saturated carbocycles. The molecule has 104 valence electrons. The second-order valence-electron chi connectivity index (χ2n) is 4.27. The van der Waals surface area contributed by atoms with E-state index < -0.39 is 40.9 Å². The quantitative estimate of drug-likeness (QED) is 0.435. The molecule has 1 aromatic rings. The van der Waals surface area contributed by atoms with Gasteiger partial charge in [0.1, 0.15) is 11.3 Å². The van der Waals surface area contributed by atoms with Crippen LogP contribution in [0.2, 0.25) is 0 Å². The van der Waals surface area contributed by atoms with Crippen LogP contribution in [0.3, 0.4) is 0 Å². The van der Waals surface area contributed by atoms with Gasteiger partial charge in [0.05, 0.1) is 23.7 Å². The number of carboxylic acid groups (broad SMARTS) is 1. The molecule has 0 heterocycles. The van der Waals surface area contributed by atoms with Crippen molar-refractivity contribution < 1.29 is 25.0 Å². The number of nitro benzene ring substituents is 1. The molecule has 19 heavy (non-hydrogen) atoms. The van der Waals surface area contributed by atoms with Crippen molar-refractivity contribution in [1.82, 2.24) is 0 Å². The number of nitrogens with one attached hydrogen (secondary N) is 1. The molecule has 0 aliphatic rings. The van der Waals surface area contributed by atoms with Crippen molar-refractivity contribution in [3.05, 3.63) is 33.9 Å². The Balaban J connectivity index is 3.32. The standard InChI is InChI=1S/C11H14N2O6/c1-11(5-14,6-15)12-8-4-2-3-7(10(16)17)9(8)13(18)19/h2-4,12,14-15H,5-6H2,1H3,(H,16,17). The number of para-hydroxylation sites is 1. The zero-order chi connectivity index (χ0) is 14.6. The molecular formula is C11H14N2O6. The fraction of sp³-hybridized carbons (Fsp3) is 0.364. The van der Waals surface area contributed by atoms with Crippen molar-refractivity contribution in [3.63, 3.8) is 0 Å². The number of nitrogens with zero attached hydrogens (tertiary/aromatic N) is 1. The molecular weight excluding hydrogens is 256 g/mol. The maximum atomic E-state index is 11.0. The first-order chi connectivity index (χ1) is 8.84. The summed E-state index contributed by atoms with van der Waals surface area (Å²) in [6.07, 6.45) is 0. The van der Waals surface area contributed by atoms with Crippen molar-refractivity contribution in [3.8, 4) is 0 Å². The predicted octanol–water partition coefficient (Wildman–Crippen LogP) is 0.448. The third-order valence-electron chi connectivity index (χ3n) is 2.58. The summed E-state index contributed by atoms with van der Waals surface area (Å²) in [5, 5.41) is 40.8. The predicted molar refractivity (Wildman–Crippen MR) is 66.3 cm³/mol. The van der Waals surface area contributed by atoms with Crippen LogP contribution in [0.4, 0.5) is 11.4 Å². The summed E-state index contributed by atoms with van der Waals surface area (Å²) < 4.78 is 0. The Morgan fingerprint density at radius 3 is 2.42 bits per heavy atom. The summed E-state index contributed by atoms with van der Waals surface area (Å²) in [5.74, 6) is -1.43. The Hall–Kier alpha value is -2.19. The molecule has 0 aliphatic carbocycles. The monoisotopic (exact) mass is 270 g/mol. The fourth-order valence-corrected chi connectivity index (χ4v) is 1.47. The van der Waals surface area contributed by atoms with E-state index >= 15 is 0 Å². The van der Waals surface area contributed by atoms with E-state index in [4.69, 9.17) is 15.3 Å². The first-order valence-electron chi connectivity index (χ1n) is 5.35. The first kappa shape index (κ1) is 14.9. The molecule has 0 fully saturated rings. The molecule has 0 atom stereocenters. The van der Waals surface area contributed by atoms with Gasteiger partial charge in [-0.3, -0.25) is 10.1 Å². The molecule has 0 saturated heterocycles. The lowest BCUT2D eigenvalue weighted by molar-refractivity contribution is -0.384. The molecule has 1 aromatic carbocycles. The van der Waals surface area contributed by atoms with E-state index in [0.717, 1.165) is 6.07 Å². The van der Waals surface area contributed by atoms with Crippen molar-refractivity contribution >= 4 is 17.3 Å². The van der Waals surface area contributed by atoms with Crippen LogP contribution in [-0.4, -0.2) is 45.0 Å². The third kappa shape index (κ3) is 3.18. The minimum absolute atomic E-state index is 0.0736. The highest BCUT2D eigenvalue weighted by atomic mass is 16.6. The highest BCUT2D eigenvalue weighted by Gasteiger charge is 2.29. The molecule has 0 aliphatic heterocycles. The van der Waals surface area contributed by atoms with E-state index in [0.29, 0.717) is 0 Å². The summed E-state index contributed by atoms with van der Waals surface area (Å²) in [5.41, 5.74) is -2.34. The number of aromatic carboxylic acids is 1. The number of rotatable bonds is 6. The summed E-state index contributed by atoms with van der Waals surface area (Å²) in [6, 6.07) is 3.77. The minimum Gasteiger partial charge on any atom is -0.477 e. The molecule has 0 unspecified atom stereocenters. The summed E-state index contributed by atoms with van der Waals surface area (Å²) >= 11 is 0. The number of hydrogen-bond acceptors (Lipinski definition) is 6. The number of carboxylic acids is 1. The van der Waals surface area contributed by atoms with Gasteiger partial charge in [0.25, 0.3) is 0 Å². The van der Waals surface area contributed by atoms with Gasteiger partial charge in [0, 0.05) is 0 Å². The molecule has 8 heteroatoms. The Kier molecular flexibility index (Phi) is 4.41. The van der Waals surface area contributed by atoms with E-state index in [1.54, 1.807) is 0 Å². The van der Waals surface area contributed by atoms with E-state index in [1.807, 2.05) is 0 Å². The zero-order valence-electron chi connectivity index (χ0n) is 10.2. The van der Waals surface area contributed by atoms with E-state index in [-0.39, 0.29) is 5.69 Å². The van der Waals surface area contributed by atoms with Gasteiger partial charge in [-0.15, -0.1) is 0 Å². The first-order valence-corrected chi connectivity index (χ1v) is 5.35. The molecule has 0 radical (unpaired) electrons. The van der Waals surface area contributed by atoms with E-state index in [2.05, 4.69) is 5.32 Å². The number of aliphatic hydroxyl groups excluding tert-OH is 2. The second kappa shape index (κ2) is 5.63. The lowest BCUT2D eigenvalue weighted by Gasteiger charge is -2.27. The maximum absolute atomic E-state index is 11.0. The van der Waals surface area contributed by atoms with Gasteiger partial charge >= 0.3 is 11.7 Å². The Morgan fingerprint density at radius 1 is 1.42 bits per heavy atom. The van der Waals surface area contributed by atoms with Gasteiger partial charge in [0.2, 0.25) is 0 Å². The summed E-state index contributed by atoms with van der Waals surface area (Å²) in [6.45, 7) is 0.500. The number of aliphatic hydroxyl groups is 2. The normalized spacial score (nSPS) is 11.1. The second-order valence-corrected chi connectivity index (χ2v) is 4.27. The molecule has 0 aromatic heterocycles. The molecule has 0 spiro atoms. The largest absolute Gasteiger partial charge is 0.477 e. The number of carbonyl (C=O) groups is 1. The number of anilines is 1. The Bertz CT molecular complexity index is 498. The Labute approximate surface area is 108 Å². The van der Waals surface area contributed by atoms with E-state index in [1.165, 1.54) is 19.1 Å². The van der Waals surface area contributed by atoms with Crippen LogP contribution in [0.1, 0.15) is 17.3 Å².